The Kier molecular flexibility index (Phi) is 6.21. The average Bonchev–Trinajstić information content (AvgIpc) is 2.56. The zero-order valence-corrected chi connectivity index (χ0v) is 16.6. The molecule has 1 atom stereocenters. The van der Waals surface area contributed by atoms with Crippen molar-refractivity contribution in [1.82, 2.24) is 4.98 Å². The minimum absolute atomic E-state index is 0.000366. The summed E-state index contributed by atoms with van der Waals surface area (Å²) in [5.41, 5.74) is -1.25. The second-order valence-corrected chi connectivity index (χ2v) is 8.09. The molecule has 2 aromatic rings. The number of aromatic nitrogens is 1. The van der Waals surface area contributed by atoms with Crippen LogP contribution in [0.1, 0.15) is 24.2 Å². The van der Waals surface area contributed by atoms with Crippen LogP contribution in [0.4, 0.5) is 18.9 Å². The van der Waals surface area contributed by atoms with Gasteiger partial charge in [0.15, 0.2) is 0 Å². The van der Waals surface area contributed by atoms with Crippen LogP contribution in [-0.4, -0.2) is 20.5 Å². The van der Waals surface area contributed by atoms with Crippen molar-refractivity contribution in [2.75, 3.05) is 11.8 Å². The molecule has 2 rings (SSSR count). The molecule has 0 aliphatic heterocycles. The van der Waals surface area contributed by atoms with E-state index < -0.39 is 32.8 Å². The Balaban J connectivity index is 2.51. The van der Waals surface area contributed by atoms with Gasteiger partial charge in [0.05, 0.1) is 27.3 Å². The highest BCUT2D eigenvalue weighted by Gasteiger charge is 2.36. The number of halogens is 5. The molecular formula is C15H13BrClF3N2O3S. The van der Waals surface area contributed by atoms with Crippen LogP contribution in [0, 0.1) is 0 Å². The van der Waals surface area contributed by atoms with E-state index in [1.807, 2.05) is 0 Å². The van der Waals surface area contributed by atoms with E-state index in [1.165, 1.54) is 26.3 Å². The van der Waals surface area contributed by atoms with Gasteiger partial charge in [-0.3, -0.25) is 4.72 Å². The number of alkyl halides is 3. The van der Waals surface area contributed by atoms with Crippen molar-refractivity contribution in [3.05, 3.63) is 51.2 Å². The van der Waals surface area contributed by atoms with E-state index in [-0.39, 0.29) is 20.9 Å². The number of pyridine rings is 1. The lowest BCUT2D eigenvalue weighted by Gasteiger charge is -2.19. The number of nitrogens with zero attached hydrogens (tertiary/aromatic N) is 1. The van der Waals surface area contributed by atoms with E-state index in [2.05, 4.69) is 25.6 Å². The van der Waals surface area contributed by atoms with Gasteiger partial charge in [0, 0.05) is 13.3 Å². The van der Waals surface area contributed by atoms with Crippen LogP contribution in [0.3, 0.4) is 0 Å². The number of rotatable bonds is 5. The first kappa shape index (κ1) is 20.9. The number of methoxy groups -OCH3 is 1. The summed E-state index contributed by atoms with van der Waals surface area (Å²) in [7, 11) is -3.04. The van der Waals surface area contributed by atoms with Crippen LogP contribution in [-0.2, 0) is 20.9 Å². The lowest BCUT2D eigenvalue weighted by molar-refractivity contribution is -0.139. The Bertz CT molecular complexity index is 923. The molecule has 1 aromatic carbocycles. The van der Waals surface area contributed by atoms with Crippen LogP contribution in [0.2, 0.25) is 5.02 Å². The minimum Gasteiger partial charge on any atom is -0.377 e. The number of sulfonamides is 1. The van der Waals surface area contributed by atoms with Gasteiger partial charge in [-0.15, -0.1) is 0 Å². The van der Waals surface area contributed by atoms with Crippen LogP contribution in [0.5, 0.6) is 0 Å². The lowest BCUT2D eigenvalue weighted by atomic mass is 10.0. The van der Waals surface area contributed by atoms with E-state index in [0.717, 1.165) is 12.1 Å². The van der Waals surface area contributed by atoms with E-state index in [1.54, 1.807) is 0 Å². The molecule has 0 spiro atoms. The quantitative estimate of drug-likeness (QED) is 0.619. The van der Waals surface area contributed by atoms with Crippen molar-refractivity contribution in [3.63, 3.8) is 0 Å². The molecule has 11 heteroatoms. The van der Waals surface area contributed by atoms with Crippen molar-refractivity contribution in [2.45, 2.75) is 24.1 Å². The number of hydrogen-bond donors (Lipinski definition) is 1. The Morgan fingerprint density at radius 3 is 2.54 bits per heavy atom. The summed E-state index contributed by atoms with van der Waals surface area (Å²) >= 11 is 8.82. The van der Waals surface area contributed by atoms with Crippen LogP contribution in [0.25, 0.3) is 0 Å². The predicted molar refractivity (Wildman–Crippen MR) is 94.6 cm³/mol. The van der Waals surface area contributed by atoms with E-state index >= 15 is 0 Å². The normalized spacial score (nSPS) is 13.5. The lowest BCUT2D eigenvalue weighted by Crippen LogP contribution is -2.17. The Morgan fingerprint density at radius 2 is 1.96 bits per heavy atom. The molecule has 5 nitrogen and oxygen atoms in total. The number of ether oxygens (including phenoxy) is 1. The molecule has 0 saturated heterocycles. The van der Waals surface area contributed by atoms with Crippen molar-refractivity contribution >= 4 is 43.2 Å². The maximum atomic E-state index is 13.4. The fourth-order valence-corrected chi connectivity index (χ4v) is 3.82. The highest BCUT2D eigenvalue weighted by Crippen LogP contribution is 2.37. The molecule has 0 radical (unpaired) electrons. The number of nitrogens with one attached hydrogen (secondary N) is 1. The van der Waals surface area contributed by atoms with Gasteiger partial charge < -0.3 is 4.74 Å². The molecule has 1 unspecified atom stereocenters. The molecule has 1 N–H and O–H groups in total. The largest absolute Gasteiger partial charge is 0.416 e. The highest BCUT2D eigenvalue weighted by atomic mass is 79.9. The SMILES string of the molecule is COC(C)c1ccc(S(=O)(=O)Nc2cc(Cl)cnc2Br)cc1C(F)(F)F. The van der Waals surface area contributed by atoms with Gasteiger partial charge in [0.25, 0.3) is 10.0 Å². The van der Waals surface area contributed by atoms with E-state index in [4.69, 9.17) is 16.3 Å². The summed E-state index contributed by atoms with van der Waals surface area (Å²) in [5, 5.41) is 0.158. The van der Waals surface area contributed by atoms with Crippen molar-refractivity contribution in [1.29, 1.82) is 0 Å². The van der Waals surface area contributed by atoms with Crippen molar-refractivity contribution < 1.29 is 26.3 Å². The molecule has 0 aliphatic carbocycles. The van der Waals surface area contributed by atoms with Gasteiger partial charge in [-0.05, 0) is 46.6 Å². The molecule has 1 aromatic heterocycles. The first-order valence-electron chi connectivity index (χ1n) is 7.03. The first-order chi connectivity index (χ1) is 12.0. The molecule has 0 amide bonds. The summed E-state index contributed by atoms with van der Waals surface area (Å²) in [6.45, 7) is 1.44. The summed E-state index contributed by atoms with van der Waals surface area (Å²) in [5.74, 6) is 0. The topological polar surface area (TPSA) is 68.3 Å². The van der Waals surface area contributed by atoms with Gasteiger partial charge in [-0.1, -0.05) is 17.7 Å². The fourth-order valence-electron chi connectivity index (χ4n) is 2.13. The van der Waals surface area contributed by atoms with Crippen LogP contribution < -0.4 is 4.72 Å². The summed E-state index contributed by atoms with van der Waals surface area (Å²) in [6.07, 6.45) is -4.32. The van der Waals surface area contributed by atoms with Gasteiger partial charge in [-0.25, -0.2) is 13.4 Å². The van der Waals surface area contributed by atoms with Crippen molar-refractivity contribution in [2.24, 2.45) is 0 Å². The third-order valence-corrected chi connectivity index (χ3v) is 5.68. The Morgan fingerprint density at radius 1 is 1.31 bits per heavy atom. The molecule has 142 valence electrons. The van der Waals surface area contributed by atoms with Crippen LogP contribution in [0.15, 0.2) is 40.0 Å². The summed E-state index contributed by atoms with van der Waals surface area (Å²) in [4.78, 5) is 3.27. The first-order valence-corrected chi connectivity index (χ1v) is 9.69. The Labute approximate surface area is 161 Å². The second-order valence-electron chi connectivity index (χ2n) is 5.22. The highest BCUT2D eigenvalue weighted by molar-refractivity contribution is 9.10. The van der Waals surface area contributed by atoms with Gasteiger partial charge in [-0.2, -0.15) is 13.2 Å². The molecule has 0 fully saturated rings. The van der Waals surface area contributed by atoms with Gasteiger partial charge >= 0.3 is 6.18 Å². The predicted octanol–water partition coefficient (Wildman–Crippen LogP) is 5.02. The molecule has 0 aliphatic rings. The summed E-state index contributed by atoms with van der Waals surface area (Å²) < 4.78 is 72.3. The van der Waals surface area contributed by atoms with Crippen molar-refractivity contribution in [3.8, 4) is 0 Å². The number of hydrogen-bond acceptors (Lipinski definition) is 4. The second kappa shape index (κ2) is 7.71. The fraction of sp³-hybridized carbons (Fsp3) is 0.267. The third kappa shape index (κ3) is 4.67. The van der Waals surface area contributed by atoms with Crippen LogP contribution >= 0.6 is 27.5 Å². The Hall–Kier alpha value is -1.36. The average molecular weight is 474 g/mol. The van der Waals surface area contributed by atoms with E-state index in [0.29, 0.717) is 6.07 Å². The maximum Gasteiger partial charge on any atom is 0.416 e. The zero-order chi connectivity index (χ0) is 19.7. The monoisotopic (exact) mass is 472 g/mol. The summed E-state index contributed by atoms with van der Waals surface area (Å²) in [6, 6.07) is 4.01. The molecule has 26 heavy (non-hydrogen) atoms. The standard InChI is InChI=1S/C15H13BrClF3N2O3S/c1-8(25-2)11-4-3-10(6-12(11)15(18,19)20)26(23,24)22-13-5-9(17)7-21-14(13)16/h3-8,22H,1-2H3. The number of benzene rings is 1. The smallest absolute Gasteiger partial charge is 0.377 e. The van der Waals surface area contributed by atoms with E-state index in [9.17, 15) is 21.6 Å². The minimum atomic E-state index is -4.74. The molecule has 1 heterocycles. The molecular weight excluding hydrogens is 461 g/mol. The maximum absolute atomic E-state index is 13.4. The van der Waals surface area contributed by atoms with Gasteiger partial charge in [0.2, 0.25) is 0 Å². The molecule has 0 bridgehead atoms. The van der Waals surface area contributed by atoms with Gasteiger partial charge in [0.1, 0.15) is 4.60 Å². The number of anilines is 1. The zero-order valence-electron chi connectivity index (χ0n) is 13.4. The third-order valence-electron chi connectivity index (χ3n) is 3.48. The molecule has 0 saturated carbocycles.